The van der Waals surface area contributed by atoms with Crippen LogP contribution in [0.3, 0.4) is 0 Å². The fourth-order valence-corrected chi connectivity index (χ4v) is 4.41. The molecule has 0 bridgehead atoms. The van der Waals surface area contributed by atoms with Gasteiger partial charge in [-0.05, 0) is 59.7 Å². The number of piperazine rings is 1. The number of hydrogen-bond acceptors (Lipinski definition) is 6. The van der Waals surface area contributed by atoms with Crippen molar-refractivity contribution in [1.82, 2.24) is 25.1 Å². The van der Waals surface area contributed by atoms with E-state index in [0.717, 1.165) is 35.6 Å². The first-order chi connectivity index (χ1) is 14.5. The minimum atomic E-state index is -0.243. The highest BCUT2D eigenvalue weighted by Crippen LogP contribution is 2.24. The number of aryl methyl sites for hydroxylation is 2. The van der Waals surface area contributed by atoms with E-state index >= 15 is 0 Å². The Kier molecular flexibility index (Phi) is 5.98. The van der Waals surface area contributed by atoms with Gasteiger partial charge in [-0.2, -0.15) is 4.68 Å². The van der Waals surface area contributed by atoms with E-state index in [1.807, 2.05) is 36.9 Å². The molecule has 2 aromatic carbocycles. The van der Waals surface area contributed by atoms with Gasteiger partial charge in [0.05, 0.1) is 11.4 Å². The minimum absolute atomic E-state index is 0.0646. The van der Waals surface area contributed by atoms with E-state index in [-0.39, 0.29) is 17.5 Å². The van der Waals surface area contributed by atoms with E-state index in [1.54, 1.807) is 16.8 Å². The van der Waals surface area contributed by atoms with Crippen molar-refractivity contribution < 1.29 is 9.18 Å². The van der Waals surface area contributed by atoms with Gasteiger partial charge in [-0.1, -0.05) is 30.0 Å². The first kappa shape index (κ1) is 20.3. The predicted octanol–water partition coefficient (Wildman–Crippen LogP) is 2.86. The lowest BCUT2D eigenvalue weighted by Gasteiger charge is -2.36. The fourth-order valence-electron chi connectivity index (χ4n) is 3.63. The van der Waals surface area contributed by atoms with Gasteiger partial charge in [0.1, 0.15) is 5.82 Å². The molecule has 156 valence electrons. The van der Waals surface area contributed by atoms with Crippen LogP contribution in [0.5, 0.6) is 0 Å². The first-order valence-corrected chi connectivity index (χ1v) is 10.8. The SMILES string of the molecule is Cc1cccc(C)c1-n1nnnc1SCC(=O)N1CCN(c2ccc(F)cc2)CC1. The second-order valence-corrected chi connectivity index (χ2v) is 8.19. The van der Waals surface area contributed by atoms with Crippen molar-refractivity contribution in [2.24, 2.45) is 0 Å². The molecule has 1 saturated heterocycles. The number of anilines is 1. The number of carbonyl (C=O) groups is 1. The Bertz CT molecular complexity index is 1010. The number of hydrogen-bond donors (Lipinski definition) is 0. The van der Waals surface area contributed by atoms with Crippen LogP contribution < -0.4 is 4.90 Å². The summed E-state index contributed by atoms with van der Waals surface area (Å²) < 4.78 is 14.8. The zero-order chi connectivity index (χ0) is 21.1. The Morgan fingerprint density at radius 2 is 1.70 bits per heavy atom. The molecule has 0 spiro atoms. The number of halogens is 1. The smallest absolute Gasteiger partial charge is 0.233 e. The quantitative estimate of drug-likeness (QED) is 0.585. The molecule has 0 saturated carbocycles. The van der Waals surface area contributed by atoms with Crippen molar-refractivity contribution in [2.45, 2.75) is 19.0 Å². The van der Waals surface area contributed by atoms with Crippen molar-refractivity contribution in [1.29, 1.82) is 0 Å². The second-order valence-electron chi connectivity index (χ2n) is 7.25. The summed E-state index contributed by atoms with van der Waals surface area (Å²) in [4.78, 5) is 16.7. The Labute approximate surface area is 178 Å². The second kappa shape index (κ2) is 8.83. The summed E-state index contributed by atoms with van der Waals surface area (Å²) >= 11 is 1.35. The lowest BCUT2D eigenvalue weighted by molar-refractivity contribution is -0.128. The number of para-hydroxylation sites is 1. The zero-order valence-electron chi connectivity index (χ0n) is 17.0. The van der Waals surface area contributed by atoms with Crippen LogP contribution >= 0.6 is 11.8 Å². The first-order valence-electron chi connectivity index (χ1n) is 9.79. The molecule has 1 amide bonds. The summed E-state index contributed by atoms with van der Waals surface area (Å²) in [5, 5.41) is 12.6. The Morgan fingerprint density at radius 3 is 2.37 bits per heavy atom. The fraction of sp³-hybridized carbons (Fsp3) is 0.333. The highest BCUT2D eigenvalue weighted by molar-refractivity contribution is 7.99. The van der Waals surface area contributed by atoms with E-state index < -0.39 is 0 Å². The maximum Gasteiger partial charge on any atom is 0.233 e. The van der Waals surface area contributed by atoms with Crippen molar-refractivity contribution in [3.05, 3.63) is 59.4 Å². The van der Waals surface area contributed by atoms with Crippen LogP contribution in [0, 0.1) is 19.7 Å². The molecule has 0 atom stereocenters. The van der Waals surface area contributed by atoms with Crippen molar-refractivity contribution in [3.63, 3.8) is 0 Å². The van der Waals surface area contributed by atoms with Crippen molar-refractivity contribution in [2.75, 3.05) is 36.8 Å². The molecule has 1 aliphatic heterocycles. The third-order valence-electron chi connectivity index (χ3n) is 5.24. The average molecular weight is 427 g/mol. The molecule has 1 fully saturated rings. The van der Waals surface area contributed by atoms with Crippen LogP contribution in [0.1, 0.15) is 11.1 Å². The number of tetrazole rings is 1. The van der Waals surface area contributed by atoms with Crippen LogP contribution in [0.25, 0.3) is 5.69 Å². The van der Waals surface area contributed by atoms with Gasteiger partial charge < -0.3 is 9.80 Å². The monoisotopic (exact) mass is 426 g/mol. The molecule has 1 aliphatic rings. The molecule has 0 aliphatic carbocycles. The minimum Gasteiger partial charge on any atom is -0.368 e. The van der Waals surface area contributed by atoms with Crippen molar-refractivity contribution >= 4 is 23.4 Å². The molecule has 7 nitrogen and oxygen atoms in total. The molecule has 0 unspecified atom stereocenters. The van der Waals surface area contributed by atoms with Crippen LogP contribution in [0.15, 0.2) is 47.6 Å². The highest BCUT2D eigenvalue weighted by atomic mass is 32.2. The van der Waals surface area contributed by atoms with Gasteiger partial charge in [-0.15, -0.1) is 5.10 Å². The van der Waals surface area contributed by atoms with Crippen molar-refractivity contribution in [3.8, 4) is 5.69 Å². The largest absolute Gasteiger partial charge is 0.368 e. The normalized spacial score (nSPS) is 14.2. The number of benzene rings is 2. The molecular formula is C21H23FN6OS. The number of nitrogens with zero attached hydrogens (tertiary/aromatic N) is 6. The lowest BCUT2D eigenvalue weighted by atomic mass is 10.1. The summed E-state index contributed by atoms with van der Waals surface area (Å²) in [7, 11) is 0. The van der Waals surface area contributed by atoms with E-state index in [2.05, 4.69) is 20.4 Å². The topological polar surface area (TPSA) is 67.2 Å². The Morgan fingerprint density at radius 1 is 1.03 bits per heavy atom. The molecule has 9 heteroatoms. The van der Waals surface area contributed by atoms with Crippen LogP contribution in [-0.4, -0.2) is 62.9 Å². The van der Waals surface area contributed by atoms with Gasteiger partial charge in [-0.25, -0.2) is 4.39 Å². The summed E-state index contributed by atoms with van der Waals surface area (Å²) in [6.45, 7) is 6.76. The molecule has 0 N–H and O–H groups in total. The predicted molar refractivity (Wildman–Crippen MR) is 115 cm³/mol. The van der Waals surface area contributed by atoms with E-state index in [4.69, 9.17) is 0 Å². The molecular weight excluding hydrogens is 403 g/mol. The van der Waals surface area contributed by atoms with Crippen LogP contribution in [0.4, 0.5) is 10.1 Å². The van der Waals surface area contributed by atoms with Crippen LogP contribution in [-0.2, 0) is 4.79 Å². The number of amides is 1. The van der Waals surface area contributed by atoms with Gasteiger partial charge in [0.25, 0.3) is 0 Å². The summed E-state index contributed by atoms with van der Waals surface area (Å²) in [5.41, 5.74) is 4.08. The lowest BCUT2D eigenvalue weighted by Crippen LogP contribution is -2.49. The number of thioether (sulfide) groups is 1. The van der Waals surface area contributed by atoms with E-state index in [0.29, 0.717) is 18.2 Å². The maximum atomic E-state index is 13.1. The molecule has 2 heterocycles. The van der Waals surface area contributed by atoms with E-state index in [9.17, 15) is 9.18 Å². The number of carbonyl (C=O) groups excluding carboxylic acids is 1. The summed E-state index contributed by atoms with van der Waals surface area (Å²) in [6.07, 6.45) is 0. The Balaban J connectivity index is 1.35. The molecule has 0 radical (unpaired) electrons. The molecule has 1 aromatic heterocycles. The van der Waals surface area contributed by atoms with Gasteiger partial charge in [-0.3, -0.25) is 4.79 Å². The summed E-state index contributed by atoms with van der Waals surface area (Å²) in [6, 6.07) is 12.5. The standard InChI is InChI=1S/C21H23FN6OS/c1-15-4-3-5-16(2)20(15)28-21(23-24-25-28)30-14-19(29)27-12-10-26(11-13-27)18-8-6-17(22)7-9-18/h3-9H,10-14H2,1-2H3. The maximum absolute atomic E-state index is 13.1. The van der Waals surface area contributed by atoms with Gasteiger partial charge in [0.2, 0.25) is 11.1 Å². The average Bonchev–Trinajstić information content (AvgIpc) is 3.21. The Hall–Kier alpha value is -2.94. The van der Waals surface area contributed by atoms with Gasteiger partial charge in [0.15, 0.2) is 0 Å². The van der Waals surface area contributed by atoms with Gasteiger partial charge in [0, 0.05) is 31.9 Å². The zero-order valence-corrected chi connectivity index (χ0v) is 17.8. The third kappa shape index (κ3) is 4.30. The molecule has 30 heavy (non-hydrogen) atoms. The molecule has 3 aromatic rings. The highest BCUT2D eigenvalue weighted by Gasteiger charge is 2.22. The third-order valence-corrected chi connectivity index (χ3v) is 6.15. The van der Waals surface area contributed by atoms with Crippen LogP contribution in [0.2, 0.25) is 0 Å². The van der Waals surface area contributed by atoms with E-state index in [1.165, 1.54) is 23.9 Å². The molecule has 4 rings (SSSR count). The van der Waals surface area contributed by atoms with Gasteiger partial charge >= 0.3 is 0 Å². The number of aromatic nitrogens is 4. The summed E-state index contributed by atoms with van der Waals surface area (Å²) in [5.74, 6) is 0.101. The number of rotatable bonds is 5.